The lowest BCUT2D eigenvalue weighted by molar-refractivity contribution is -0.122. The molecular weight excluding hydrogens is 499 g/mol. The number of benzene rings is 1. The van der Waals surface area contributed by atoms with E-state index in [2.05, 4.69) is 32.7 Å². The molecule has 2 amide bonds. The molecule has 0 unspecified atom stereocenters. The van der Waals surface area contributed by atoms with Gasteiger partial charge in [0.25, 0.3) is 0 Å². The van der Waals surface area contributed by atoms with Crippen LogP contribution in [0.25, 0.3) is 16.9 Å². The Morgan fingerprint density at radius 3 is 2.84 bits per heavy atom. The predicted octanol–water partition coefficient (Wildman–Crippen LogP) is 4.11. The van der Waals surface area contributed by atoms with E-state index < -0.39 is 18.8 Å². The number of fused-ring (bicyclic) bond motifs is 1. The number of urea groups is 1. The maximum atomic E-state index is 12.3. The van der Waals surface area contributed by atoms with Gasteiger partial charge in [0.05, 0.1) is 18.1 Å². The Hall–Kier alpha value is -3.64. The Morgan fingerprint density at radius 1 is 1.24 bits per heavy atom. The lowest BCUT2D eigenvalue weighted by atomic mass is 10.1. The molecule has 12 heteroatoms. The second kappa shape index (κ2) is 12.7. The second-order valence-corrected chi connectivity index (χ2v) is 9.29. The summed E-state index contributed by atoms with van der Waals surface area (Å²) in [5, 5.41) is 11.8. The first kappa shape index (κ1) is 27.4. The maximum absolute atomic E-state index is 12.3. The zero-order valence-corrected chi connectivity index (χ0v) is 21.2. The number of rotatable bonds is 10. The molecule has 4 rings (SSSR count). The highest BCUT2D eigenvalue weighted by Gasteiger charge is 2.27. The number of likely N-dealkylation sites (tertiary alicyclic amines) is 1. The van der Waals surface area contributed by atoms with Gasteiger partial charge in [-0.1, -0.05) is 17.3 Å². The smallest absolute Gasteiger partial charge is 0.396 e. The van der Waals surface area contributed by atoms with Gasteiger partial charge in [-0.3, -0.25) is 4.40 Å². The van der Waals surface area contributed by atoms with Gasteiger partial charge in [-0.05, 0) is 70.2 Å². The number of hydrogen-bond acceptors (Lipinski definition) is 6. The van der Waals surface area contributed by atoms with Crippen molar-refractivity contribution in [2.45, 2.75) is 31.5 Å². The van der Waals surface area contributed by atoms with Crippen LogP contribution in [-0.2, 0) is 4.84 Å². The molecule has 2 aromatic heterocycles. The summed E-state index contributed by atoms with van der Waals surface area (Å²) in [5.74, 6) is 0. The summed E-state index contributed by atoms with van der Waals surface area (Å²) >= 11 is 0. The van der Waals surface area contributed by atoms with Gasteiger partial charge in [0.15, 0.2) is 0 Å². The average Bonchev–Trinajstić information content (AvgIpc) is 3.31. The number of imidazole rings is 1. The van der Waals surface area contributed by atoms with Gasteiger partial charge in [0.1, 0.15) is 18.8 Å². The van der Waals surface area contributed by atoms with Crippen LogP contribution in [0, 0.1) is 0 Å². The molecule has 0 saturated carbocycles. The number of carbonyl (C=O) groups excluding carboxylic acids is 1. The number of aromatic nitrogens is 2. The normalized spacial score (nSPS) is 15.3. The van der Waals surface area contributed by atoms with E-state index in [1.165, 1.54) is 12.8 Å². The van der Waals surface area contributed by atoms with Crippen LogP contribution < -0.4 is 16.0 Å². The number of alkyl halides is 3. The molecule has 1 aliphatic heterocycles. The van der Waals surface area contributed by atoms with Gasteiger partial charge in [-0.2, -0.15) is 13.2 Å². The van der Waals surface area contributed by atoms with Crippen molar-refractivity contribution in [2.75, 3.05) is 45.2 Å². The van der Waals surface area contributed by atoms with Gasteiger partial charge < -0.3 is 25.7 Å². The molecule has 1 aromatic carbocycles. The highest BCUT2D eigenvalue weighted by molar-refractivity contribution is 5.90. The maximum Gasteiger partial charge on any atom is 0.405 e. The number of hydrogen-bond donors (Lipinski definition) is 3. The largest absolute Gasteiger partial charge is 0.405 e. The van der Waals surface area contributed by atoms with E-state index in [4.69, 9.17) is 4.84 Å². The quantitative estimate of drug-likeness (QED) is 0.208. The Balaban J connectivity index is 1.27. The number of carbonyl (C=O) groups is 1. The average molecular weight is 532 g/mol. The lowest BCUT2D eigenvalue weighted by Crippen LogP contribution is -2.41. The van der Waals surface area contributed by atoms with Crippen molar-refractivity contribution in [2.24, 2.45) is 5.16 Å². The molecule has 3 heterocycles. The zero-order valence-electron chi connectivity index (χ0n) is 21.2. The third-order valence-electron chi connectivity index (χ3n) is 6.24. The Kier molecular flexibility index (Phi) is 9.19. The molecule has 1 saturated heterocycles. The molecule has 9 nitrogen and oxygen atoms in total. The fraction of sp³-hybridized carbons (Fsp3) is 0.423. The third kappa shape index (κ3) is 8.18. The van der Waals surface area contributed by atoms with E-state index in [9.17, 15) is 18.0 Å². The number of nitrogens with zero attached hydrogens (tertiary/aromatic N) is 4. The highest BCUT2D eigenvalue weighted by Crippen LogP contribution is 2.24. The van der Waals surface area contributed by atoms with Crippen molar-refractivity contribution in [3.63, 3.8) is 0 Å². The Morgan fingerprint density at radius 2 is 2.05 bits per heavy atom. The summed E-state index contributed by atoms with van der Waals surface area (Å²) < 4.78 is 38.8. The van der Waals surface area contributed by atoms with E-state index in [-0.39, 0.29) is 0 Å². The minimum absolute atomic E-state index is 0.361. The molecule has 1 fully saturated rings. The minimum Gasteiger partial charge on any atom is -0.396 e. The van der Waals surface area contributed by atoms with Crippen LogP contribution in [0.15, 0.2) is 53.9 Å². The fourth-order valence-electron chi connectivity index (χ4n) is 4.21. The van der Waals surface area contributed by atoms with Crippen molar-refractivity contribution in [1.29, 1.82) is 0 Å². The van der Waals surface area contributed by atoms with Crippen molar-refractivity contribution in [1.82, 2.24) is 24.9 Å². The van der Waals surface area contributed by atoms with Crippen molar-refractivity contribution >= 4 is 23.6 Å². The molecule has 0 aliphatic carbocycles. The van der Waals surface area contributed by atoms with Crippen LogP contribution in [0.1, 0.15) is 24.8 Å². The monoisotopic (exact) mass is 531 g/mol. The SMILES string of the molecule is CN1CCC(NCCCO/N=C/c2ccn3c(-c4cccc(NC(=O)NCC(F)(F)F)c4)cnc3c2)CC1. The van der Waals surface area contributed by atoms with Gasteiger partial charge >= 0.3 is 12.2 Å². The lowest BCUT2D eigenvalue weighted by Gasteiger charge is -2.29. The van der Waals surface area contributed by atoms with Crippen LogP contribution >= 0.6 is 0 Å². The Bertz CT molecular complexity index is 1240. The van der Waals surface area contributed by atoms with Gasteiger partial charge in [0.2, 0.25) is 0 Å². The summed E-state index contributed by atoms with van der Waals surface area (Å²) in [6.07, 6.45) is 3.94. The molecule has 0 radical (unpaired) electrons. The topological polar surface area (TPSA) is 95.3 Å². The third-order valence-corrected chi connectivity index (χ3v) is 6.24. The molecule has 1 aliphatic rings. The number of amides is 2. The van der Waals surface area contributed by atoms with Gasteiger partial charge in [-0.25, -0.2) is 9.78 Å². The molecule has 0 bridgehead atoms. The molecule has 3 N–H and O–H groups in total. The van der Waals surface area contributed by atoms with E-state index in [1.54, 1.807) is 35.9 Å². The van der Waals surface area contributed by atoms with E-state index in [0.717, 1.165) is 42.9 Å². The molecule has 0 spiro atoms. The molecule has 38 heavy (non-hydrogen) atoms. The van der Waals surface area contributed by atoms with E-state index in [1.807, 2.05) is 28.8 Å². The van der Waals surface area contributed by atoms with Crippen molar-refractivity contribution in [3.05, 3.63) is 54.4 Å². The van der Waals surface area contributed by atoms with Crippen LogP contribution in [0.4, 0.5) is 23.7 Å². The first-order chi connectivity index (χ1) is 18.3. The van der Waals surface area contributed by atoms with Crippen molar-refractivity contribution < 1.29 is 22.8 Å². The standard InChI is InChI=1S/C26H32F3N7O2/c1-35-10-7-21(8-11-35)30-9-3-13-38-33-16-19-6-12-36-23(17-31-24(36)14-19)20-4-2-5-22(15-20)34-25(37)32-18-26(27,28)29/h2,4-6,12,14-17,21,30H,3,7-11,13,18H2,1H3,(H2,32,34,37)/b33-16+. The summed E-state index contributed by atoms with van der Waals surface area (Å²) in [4.78, 5) is 24.0. The zero-order chi connectivity index (χ0) is 27.0. The van der Waals surface area contributed by atoms with Crippen LogP contribution in [-0.4, -0.2) is 78.6 Å². The van der Waals surface area contributed by atoms with Gasteiger partial charge in [-0.15, -0.1) is 0 Å². The second-order valence-electron chi connectivity index (χ2n) is 9.29. The van der Waals surface area contributed by atoms with Crippen molar-refractivity contribution in [3.8, 4) is 11.3 Å². The number of anilines is 1. The minimum atomic E-state index is -4.48. The summed E-state index contributed by atoms with van der Waals surface area (Å²) in [6, 6.07) is 10.2. The van der Waals surface area contributed by atoms with Crippen LogP contribution in [0.3, 0.4) is 0 Å². The number of oxime groups is 1. The van der Waals surface area contributed by atoms with E-state index >= 15 is 0 Å². The molecule has 0 atom stereocenters. The number of pyridine rings is 1. The number of piperidine rings is 1. The van der Waals surface area contributed by atoms with Crippen LogP contribution in [0.2, 0.25) is 0 Å². The Labute approximate surface area is 219 Å². The number of nitrogens with one attached hydrogen (secondary N) is 3. The fourth-order valence-corrected chi connectivity index (χ4v) is 4.21. The summed E-state index contributed by atoms with van der Waals surface area (Å²) in [7, 11) is 2.15. The van der Waals surface area contributed by atoms with Gasteiger partial charge in [0, 0.05) is 29.1 Å². The molecule has 204 valence electrons. The first-order valence-corrected chi connectivity index (χ1v) is 12.5. The van der Waals surface area contributed by atoms with Crippen LogP contribution in [0.5, 0.6) is 0 Å². The predicted molar refractivity (Wildman–Crippen MR) is 140 cm³/mol. The number of halogens is 3. The summed E-state index contributed by atoms with van der Waals surface area (Å²) in [6.45, 7) is 2.30. The van der Waals surface area contributed by atoms with E-state index in [0.29, 0.717) is 24.0 Å². The first-order valence-electron chi connectivity index (χ1n) is 12.5. The summed E-state index contributed by atoms with van der Waals surface area (Å²) in [5.41, 5.74) is 3.38. The molecular formula is C26H32F3N7O2. The molecule has 3 aromatic rings. The highest BCUT2D eigenvalue weighted by atomic mass is 19.4.